The average Bonchev–Trinajstić information content (AvgIpc) is 2.38. The molecule has 0 saturated carbocycles. The Morgan fingerprint density at radius 3 is 2.53 bits per heavy atom. The fraction of sp³-hybridized carbons (Fsp3) is 0.0714. The number of ether oxygens (including phenoxy) is 1. The third kappa shape index (κ3) is 3.22. The molecular weight excluding hydrogens is 249 g/mol. The van der Waals surface area contributed by atoms with Crippen LogP contribution in [0.5, 0.6) is 5.75 Å². The molecule has 0 aliphatic heterocycles. The summed E-state index contributed by atoms with van der Waals surface area (Å²) in [6.45, 7) is 0.143. The maximum atomic E-state index is 12.7. The first kappa shape index (κ1) is 12.9. The first-order valence-electron chi connectivity index (χ1n) is 5.56. The van der Waals surface area contributed by atoms with Gasteiger partial charge in [0.2, 0.25) is 0 Å². The highest BCUT2D eigenvalue weighted by Crippen LogP contribution is 2.23. The summed E-state index contributed by atoms with van der Waals surface area (Å²) in [6.07, 6.45) is 0. The second kappa shape index (κ2) is 5.39. The number of carboxylic acids is 1. The smallest absolute Gasteiger partial charge is 0.339 e. The molecule has 0 fully saturated rings. The molecule has 0 aliphatic carbocycles. The lowest BCUT2D eigenvalue weighted by Crippen LogP contribution is -2.04. The summed E-state index contributed by atoms with van der Waals surface area (Å²) in [5, 5.41) is 9.02. The van der Waals surface area contributed by atoms with E-state index >= 15 is 0 Å². The Morgan fingerprint density at radius 2 is 1.89 bits per heavy atom. The zero-order chi connectivity index (χ0) is 13.8. The van der Waals surface area contributed by atoms with Gasteiger partial charge in [-0.25, -0.2) is 9.18 Å². The second-order valence-electron chi connectivity index (χ2n) is 3.98. The molecule has 3 N–H and O–H groups in total. The molecule has 0 aromatic heterocycles. The van der Waals surface area contributed by atoms with Gasteiger partial charge in [0.25, 0.3) is 0 Å². The van der Waals surface area contributed by atoms with E-state index in [2.05, 4.69) is 0 Å². The van der Waals surface area contributed by atoms with Crippen LogP contribution in [0.4, 0.5) is 10.1 Å². The molecule has 0 bridgehead atoms. The lowest BCUT2D eigenvalue weighted by atomic mass is 10.2. The highest BCUT2D eigenvalue weighted by atomic mass is 19.1. The Labute approximate surface area is 109 Å². The van der Waals surface area contributed by atoms with Gasteiger partial charge < -0.3 is 15.6 Å². The summed E-state index contributed by atoms with van der Waals surface area (Å²) in [5.74, 6) is -1.23. The van der Waals surface area contributed by atoms with E-state index in [1.54, 1.807) is 12.1 Å². The Kier molecular flexibility index (Phi) is 3.66. The third-order valence-corrected chi connectivity index (χ3v) is 2.54. The number of hydrogen-bond donors (Lipinski definition) is 2. The quantitative estimate of drug-likeness (QED) is 0.830. The van der Waals surface area contributed by atoms with Crippen molar-refractivity contribution >= 4 is 11.7 Å². The molecule has 0 radical (unpaired) electrons. The molecule has 0 aliphatic rings. The van der Waals surface area contributed by atoms with E-state index in [4.69, 9.17) is 15.6 Å². The van der Waals surface area contributed by atoms with Crippen LogP contribution in [-0.4, -0.2) is 11.1 Å². The fourth-order valence-corrected chi connectivity index (χ4v) is 1.58. The lowest BCUT2D eigenvalue weighted by molar-refractivity contribution is 0.0692. The Bertz CT molecular complexity index is 596. The number of anilines is 1. The number of nitrogen functional groups attached to an aromatic ring is 1. The van der Waals surface area contributed by atoms with Crippen LogP contribution in [-0.2, 0) is 6.61 Å². The third-order valence-electron chi connectivity index (χ3n) is 2.54. The molecule has 19 heavy (non-hydrogen) atoms. The van der Waals surface area contributed by atoms with Crippen molar-refractivity contribution < 1.29 is 19.0 Å². The van der Waals surface area contributed by atoms with Crippen LogP contribution in [0.15, 0.2) is 42.5 Å². The molecule has 0 saturated heterocycles. The molecule has 0 unspecified atom stereocenters. The zero-order valence-electron chi connectivity index (χ0n) is 9.97. The summed E-state index contributed by atoms with van der Waals surface area (Å²) in [7, 11) is 0. The molecule has 98 valence electrons. The van der Waals surface area contributed by atoms with Gasteiger partial charge >= 0.3 is 5.97 Å². The number of hydrogen-bond acceptors (Lipinski definition) is 3. The maximum absolute atomic E-state index is 12.7. The highest BCUT2D eigenvalue weighted by Gasteiger charge is 2.11. The van der Waals surface area contributed by atoms with E-state index in [-0.39, 0.29) is 23.7 Å². The van der Waals surface area contributed by atoms with Crippen molar-refractivity contribution in [1.82, 2.24) is 0 Å². The number of nitrogens with two attached hydrogens (primary N) is 1. The van der Waals surface area contributed by atoms with Crippen molar-refractivity contribution in [2.45, 2.75) is 6.61 Å². The van der Waals surface area contributed by atoms with E-state index in [0.29, 0.717) is 5.69 Å². The molecule has 0 amide bonds. The average molecular weight is 261 g/mol. The zero-order valence-corrected chi connectivity index (χ0v) is 9.97. The first-order chi connectivity index (χ1) is 9.06. The molecular formula is C14H12FNO3. The van der Waals surface area contributed by atoms with E-state index in [1.807, 2.05) is 0 Å². The van der Waals surface area contributed by atoms with E-state index < -0.39 is 5.97 Å². The minimum atomic E-state index is -1.09. The van der Waals surface area contributed by atoms with Crippen LogP contribution in [0, 0.1) is 5.82 Å². The Morgan fingerprint density at radius 1 is 1.21 bits per heavy atom. The van der Waals surface area contributed by atoms with Crippen molar-refractivity contribution in [3.8, 4) is 5.75 Å². The van der Waals surface area contributed by atoms with E-state index in [1.165, 1.54) is 30.3 Å². The van der Waals surface area contributed by atoms with Crippen LogP contribution < -0.4 is 10.5 Å². The number of aromatic carboxylic acids is 1. The minimum Gasteiger partial charge on any atom is -0.488 e. The van der Waals surface area contributed by atoms with E-state index in [0.717, 1.165) is 5.56 Å². The molecule has 0 spiro atoms. The minimum absolute atomic E-state index is 0.0383. The highest BCUT2D eigenvalue weighted by molar-refractivity contribution is 5.91. The van der Waals surface area contributed by atoms with Gasteiger partial charge in [-0.05, 0) is 29.8 Å². The van der Waals surface area contributed by atoms with Gasteiger partial charge in [0.15, 0.2) is 0 Å². The van der Waals surface area contributed by atoms with Crippen LogP contribution >= 0.6 is 0 Å². The van der Waals surface area contributed by atoms with Crippen LogP contribution in [0.25, 0.3) is 0 Å². The summed E-state index contributed by atoms with van der Waals surface area (Å²) in [5.41, 5.74) is 6.78. The molecule has 2 rings (SSSR count). The first-order valence-corrected chi connectivity index (χ1v) is 5.56. The second-order valence-corrected chi connectivity index (χ2v) is 3.98. The summed E-state index contributed by atoms with van der Waals surface area (Å²) in [4.78, 5) is 11.0. The molecule has 0 atom stereocenters. The number of carbonyl (C=O) groups is 1. The summed E-state index contributed by atoms with van der Waals surface area (Å²) in [6, 6.07) is 10.1. The number of halogens is 1. The van der Waals surface area contributed by atoms with Gasteiger partial charge in [0.05, 0.1) is 0 Å². The maximum Gasteiger partial charge on any atom is 0.339 e. The van der Waals surface area contributed by atoms with Gasteiger partial charge in [0.1, 0.15) is 23.7 Å². The molecule has 2 aromatic carbocycles. The van der Waals surface area contributed by atoms with Gasteiger partial charge in [-0.2, -0.15) is 0 Å². The van der Waals surface area contributed by atoms with Gasteiger partial charge in [0, 0.05) is 11.8 Å². The number of rotatable bonds is 4. The number of benzene rings is 2. The fourth-order valence-electron chi connectivity index (χ4n) is 1.58. The lowest BCUT2D eigenvalue weighted by Gasteiger charge is -2.10. The van der Waals surface area contributed by atoms with Gasteiger partial charge in [-0.3, -0.25) is 0 Å². The van der Waals surface area contributed by atoms with Crippen molar-refractivity contribution in [3.63, 3.8) is 0 Å². The predicted octanol–water partition coefficient (Wildman–Crippen LogP) is 2.69. The summed E-state index contributed by atoms with van der Waals surface area (Å²) >= 11 is 0. The van der Waals surface area contributed by atoms with Crippen molar-refractivity contribution in [3.05, 3.63) is 59.4 Å². The van der Waals surface area contributed by atoms with Crippen molar-refractivity contribution in [1.29, 1.82) is 0 Å². The van der Waals surface area contributed by atoms with Crippen molar-refractivity contribution in [2.24, 2.45) is 0 Å². The van der Waals surface area contributed by atoms with Crippen LogP contribution in [0.2, 0.25) is 0 Å². The van der Waals surface area contributed by atoms with E-state index in [9.17, 15) is 9.18 Å². The monoisotopic (exact) mass is 261 g/mol. The predicted molar refractivity (Wildman–Crippen MR) is 68.5 cm³/mol. The largest absolute Gasteiger partial charge is 0.488 e. The van der Waals surface area contributed by atoms with Crippen LogP contribution in [0.1, 0.15) is 15.9 Å². The Balaban J connectivity index is 2.16. The molecule has 2 aromatic rings. The summed E-state index contributed by atoms with van der Waals surface area (Å²) < 4.78 is 18.2. The van der Waals surface area contributed by atoms with Gasteiger partial charge in [-0.1, -0.05) is 12.1 Å². The molecule has 5 heteroatoms. The standard InChI is InChI=1S/C14H12FNO3/c15-10-3-1-9(2-4-10)8-19-13-7-11(16)5-6-12(13)14(17)18/h1-7H,8,16H2,(H,17,18). The molecule has 4 nitrogen and oxygen atoms in total. The molecule has 0 heterocycles. The Hall–Kier alpha value is -2.56. The number of carboxylic acid groups (broad SMARTS) is 1. The topological polar surface area (TPSA) is 72.6 Å². The normalized spacial score (nSPS) is 10.2. The van der Waals surface area contributed by atoms with Gasteiger partial charge in [-0.15, -0.1) is 0 Å². The van der Waals surface area contributed by atoms with Crippen molar-refractivity contribution in [2.75, 3.05) is 5.73 Å². The van der Waals surface area contributed by atoms with Crippen LogP contribution in [0.3, 0.4) is 0 Å². The SMILES string of the molecule is Nc1ccc(C(=O)O)c(OCc2ccc(F)cc2)c1.